The van der Waals surface area contributed by atoms with Crippen molar-refractivity contribution in [3.63, 3.8) is 0 Å². The second-order valence-corrected chi connectivity index (χ2v) is 9.49. The van der Waals surface area contributed by atoms with Crippen molar-refractivity contribution in [2.75, 3.05) is 7.11 Å². The van der Waals surface area contributed by atoms with Crippen LogP contribution in [0.2, 0.25) is 5.02 Å². The fourth-order valence-corrected chi connectivity index (χ4v) is 5.51. The molecule has 2 N–H and O–H groups in total. The number of nitrogens with one attached hydrogen (secondary N) is 1. The zero-order valence-electron chi connectivity index (χ0n) is 19.5. The largest absolute Gasteiger partial charge is 0.496 e. The first-order valence-electron chi connectivity index (χ1n) is 11.6. The van der Waals surface area contributed by atoms with Crippen molar-refractivity contribution in [3.8, 4) is 16.9 Å². The summed E-state index contributed by atoms with van der Waals surface area (Å²) in [5, 5.41) is 15.5. The Morgan fingerprint density at radius 2 is 2.00 bits per heavy atom. The van der Waals surface area contributed by atoms with Gasteiger partial charge in [-0.3, -0.25) is 4.68 Å². The molecule has 0 aliphatic heterocycles. The number of pyridine rings is 1. The average molecular weight is 483 g/mol. The van der Waals surface area contributed by atoms with Crippen LogP contribution in [0.3, 0.4) is 0 Å². The maximum absolute atomic E-state index is 14.3. The van der Waals surface area contributed by atoms with E-state index >= 15 is 0 Å². The molecule has 0 radical (unpaired) electrons. The molecule has 3 heterocycles. The lowest BCUT2D eigenvalue weighted by Gasteiger charge is -2.26. The zero-order chi connectivity index (χ0) is 24.0. The van der Waals surface area contributed by atoms with Crippen molar-refractivity contribution in [1.82, 2.24) is 19.7 Å². The minimum absolute atomic E-state index is 0.0695. The van der Waals surface area contributed by atoms with Gasteiger partial charge in [-0.05, 0) is 56.4 Å². The summed E-state index contributed by atoms with van der Waals surface area (Å²) >= 11 is 6.37. The molecule has 0 amide bonds. The maximum Gasteiger partial charge on any atom is 0.142 e. The summed E-state index contributed by atoms with van der Waals surface area (Å²) in [6, 6.07) is 5.33. The maximum atomic E-state index is 14.3. The number of aromatic nitrogens is 4. The highest BCUT2D eigenvalue weighted by atomic mass is 35.5. The molecule has 8 heteroatoms. The van der Waals surface area contributed by atoms with Gasteiger partial charge in [-0.25, -0.2) is 9.37 Å². The molecule has 0 bridgehead atoms. The Labute approximate surface area is 202 Å². The number of aromatic amines is 1. The molecular weight excluding hydrogens is 455 g/mol. The topological polar surface area (TPSA) is 76.0 Å². The third-order valence-corrected chi connectivity index (χ3v) is 7.53. The van der Waals surface area contributed by atoms with E-state index in [1.54, 1.807) is 13.2 Å². The van der Waals surface area contributed by atoms with Gasteiger partial charge in [0.05, 0.1) is 30.5 Å². The van der Waals surface area contributed by atoms with E-state index in [1.165, 1.54) is 6.07 Å². The first-order valence-corrected chi connectivity index (χ1v) is 12.0. The van der Waals surface area contributed by atoms with E-state index < -0.39 is 5.82 Å². The number of methoxy groups -OCH3 is 1. The number of hydrogen-bond acceptors (Lipinski definition) is 4. The molecule has 34 heavy (non-hydrogen) atoms. The monoisotopic (exact) mass is 482 g/mol. The average Bonchev–Trinajstić information content (AvgIpc) is 3.44. The van der Waals surface area contributed by atoms with E-state index in [9.17, 15) is 9.50 Å². The van der Waals surface area contributed by atoms with Crippen LogP contribution in [0.4, 0.5) is 4.39 Å². The Hall–Kier alpha value is -2.90. The van der Waals surface area contributed by atoms with E-state index in [1.807, 2.05) is 25.5 Å². The van der Waals surface area contributed by atoms with Gasteiger partial charge in [0.2, 0.25) is 0 Å². The lowest BCUT2D eigenvalue weighted by molar-refractivity contribution is 0.107. The van der Waals surface area contributed by atoms with Crippen LogP contribution >= 0.6 is 11.6 Å². The van der Waals surface area contributed by atoms with E-state index in [-0.39, 0.29) is 17.0 Å². The number of aliphatic hydroxyl groups excluding tert-OH is 1. The van der Waals surface area contributed by atoms with Crippen LogP contribution in [-0.4, -0.2) is 38.1 Å². The van der Waals surface area contributed by atoms with Gasteiger partial charge in [-0.2, -0.15) is 5.10 Å². The molecule has 178 valence electrons. The van der Waals surface area contributed by atoms with E-state index in [0.29, 0.717) is 17.4 Å². The van der Waals surface area contributed by atoms with E-state index in [2.05, 4.69) is 32.7 Å². The minimum atomic E-state index is -0.471. The number of fused-ring (bicyclic) bond motifs is 1. The first-order chi connectivity index (χ1) is 16.4. The van der Waals surface area contributed by atoms with E-state index in [4.69, 9.17) is 16.3 Å². The molecule has 1 atom stereocenters. The summed E-state index contributed by atoms with van der Waals surface area (Å²) in [4.78, 5) is 7.88. The minimum Gasteiger partial charge on any atom is -0.496 e. The summed E-state index contributed by atoms with van der Waals surface area (Å²) in [5.74, 6) is -0.144. The highest BCUT2D eigenvalue weighted by Gasteiger charge is 2.25. The summed E-state index contributed by atoms with van der Waals surface area (Å²) in [7, 11) is 1.56. The Morgan fingerprint density at radius 3 is 2.74 bits per heavy atom. The normalized spacial score (nSPS) is 19.5. The second-order valence-electron chi connectivity index (χ2n) is 9.11. The van der Waals surface area contributed by atoms with Crippen LogP contribution in [0.25, 0.3) is 22.2 Å². The predicted molar refractivity (Wildman–Crippen MR) is 131 cm³/mol. The number of halogens is 2. The number of rotatable bonds is 5. The Balaban J connectivity index is 1.54. The molecule has 0 saturated heterocycles. The molecule has 0 unspecified atom stereocenters. The molecule has 3 aromatic heterocycles. The summed E-state index contributed by atoms with van der Waals surface area (Å²) < 4.78 is 21.9. The molecule has 0 spiro atoms. The molecule has 1 aliphatic carbocycles. The third kappa shape index (κ3) is 3.87. The number of aliphatic hydroxyl groups is 1. The lowest BCUT2D eigenvalue weighted by atomic mass is 9.91. The van der Waals surface area contributed by atoms with Gasteiger partial charge in [0.1, 0.15) is 17.2 Å². The summed E-state index contributed by atoms with van der Waals surface area (Å²) in [5.41, 5.74) is 5.41. The fraction of sp³-hybridized carbons (Fsp3) is 0.385. The number of hydrogen-bond donors (Lipinski definition) is 2. The molecule has 4 aromatic rings. The van der Waals surface area contributed by atoms with Gasteiger partial charge in [-0.15, -0.1) is 0 Å². The Kier molecular flexibility index (Phi) is 6.08. The molecule has 1 saturated carbocycles. The van der Waals surface area contributed by atoms with Gasteiger partial charge in [0.25, 0.3) is 0 Å². The first kappa shape index (κ1) is 22.9. The van der Waals surface area contributed by atoms with Crippen molar-refractivity contribution in [2.45, 2.75) is 57.6 Å². The van der Waals surface area contributed by atoms with Gasteiger partial charge in [0, 0.05) is 46.1 Å². The lowest BCUT2D eigenvalue weighted by Crippen LogP contribution is -2.22. The smallest absolute Gasteiger partial charge is 0.142 e. The van der Waals surface area contributed by atoms with Crippen LogP contribution in [0, 0.1) is 12.7 Å². The van der Waals surface area contributed by atoms with Crippen molar-refractivity contribution < 1.29 is 14.2 Å². The van der Waals surface area contributed by atoms with E-state index in [0.717, 1.165) is 59.1 Å². The number of ether oxygens (including phenoxy) is 1. The molecular formula is C26H28ClFN4O2. The highest BCUT2D eigenvalue weighted by molar-refractivity contribution is 6.31. The summed E-state index contributed by atoms with van der Waals surface area (Å²) in [6.07, 6.45) is 8.92. The van der Waals surface area contributed by atoms with Gasteiger partial charge < -0.3 is 14.8 Å². The van der Waals surface area contributed by atoms with Crippen molar-refractivity contribution in [1.29, 1.82) is 0 Å². The van der Waals surface area contributed by atoms with Crippen molar-refractivity contribution >= 4 is 22.6 Å². The molecule has 1 aliphatic rings. The van der Waals surface area contributed by atoms with Crippen molar-refractivity contribution in [3.05, 3.63) is 64.5 Å². The number of benzene rings is 1. The Bertz CT molecular complexity index is 1340. The fourth-order valence-electron chi connectivity index (χ4n) is 5.19. The SMILES string of the molecule is COc1ccc(F)c(Cl)c1[C@@H](C)c1c[nH]c2ncc(-c3cnn([C@H]4CC[C@H](O)CC4)c3C)cc12. The van der Waals surface area contributed by atoms with Crippen LogP contribution in [0.5, 0.6) is 5.75 Å². The highest BCUT2D eigenvalue weighted by Crippen LogP contribution is 2.41. The van der Waals surface area contributed by atoms with Crippen LogP contribution in [0.1, 0.15) is 61.4 Å². The Morgan fingerprint density at radius 1 is 1.24 bits per heavy atom. The zero-order valence-corrected chi connectivity index (χ0v) is 20.2. The number of nitrogens with zero attached hydrogens (tertiary/aromatic N) is 3. The molecule has 5 rings (SSSR count). The predicted octanol–water partition coefficient (Wildman–Crippen LogP) is 6.16. The molecule has 1 aromatic carbocycles. The van der Waals surface area contributed by atoms with Crippen molar-refractivity contribution in [2.24, 2.45) is 0 Å². The quantitative estimate of drug-likeness (QED) is 0.357. The molecule has 1 fully saturated rings. The third-order valence-electron chi connectivity index (χ3n) is 7.14. The van der Waals surface area contributed by atoms with Gasteiger partial charge >= 0.3 is 0 Å². The van der Waals surface area contributed by atoms with Gasteiger partial charge in [-0.1, -0.05) is 18.5 Å². The molecule has 6 nitrogen and oxygen atoms in total. The second kappa shape index (κ2) is 9.04. The van der Waals surface area contributed by atoms with Crippen LogP contribution in [0.15, 0.2) is 36.8 Å². The van der Waals surface area contributed by atoms with Crippen LogP contribution < -0.4 is 4.74 Å². The standard InChI is InChI=1S/C26H28ClFN4O2/c1-14(24-23(34-3)9-8-22(28)25(24)27)20-12-30-26-19(20)10-16(11-29-26)21-13-31-32(15(21)2)17-4-6-18(33)7-5-17/h8-14,17-18,33H,4-7H2,1-3H3,(H,29,30)/t14-,17-,18-/m0/s1. The van der Waals surface area contributed by atoms with Crippen LogP contribution in [-0.2, 0) is 0 Å². The van der Waals surface area contributed by atoms with Gasteiger partial charge in [0.15, 0.2) is 0 Å². The summed E-state index contributed by atoms with van der Waals surface area (Å²) in [6.45, 7) is 4.06. The number of H-pyrrole nitrogens is 1.